The number of anilines is 1. The molecule has 1 aromatic heterocycles. The zero-order valence-electron chi connectivity index (χ0n) is 11.1. The Bertz CT molecular complexity index is 592. The Hall–Kier alpha value is -1.32. The van der Waals surface area contributed by atoms with Gasteiger partial charge in [-0.3, -0.25) is 0 Å². The fourth-order valence-electron chi connectivity index (χ4n) is 1.79. The predicted molar refractivity (Wildman–Crippen MR) is 81.1 cm³/mol. The number of rotatable bonds is 3. The molecule has 0 bridgehead atoms. The summed E-state index contributed by atoms with van der Waals surface area (Å²) in [5, 5.41) is 4.34. The normalized spacial score (nSPS) is 10.6. The SMILES string of the molecule is CCNc1nc(-c2c(Cl)cccc2Cl)nc(C)c1C. The van der Waals surface area contributed by atoms with Crippen molar-refractivity contribution in [1.82, 2.24) is 9.97 Å². The Kier molecular flexibility index (Phi) is 4.27. The molecule has 0 atom stereocenters. The molecule has 0 unspecified atom stereocenters. The van der Waals surface area contributed by atoms with E-state index in [2.05, 4.69) is 15.3 Å². The minimum absolute atomic E-state index is 0.551. The smallest absolute Gasteiger partial charge is 0.164 e. The Balaban J connectivity index is 2.63. The van der Waals surface area contributed by atoms with Gasteiger partial charge in [-0.2, -0.15) is 0 Å². The van der Waals surface area contributed by atoms with E-state index in [0.29, 0.717) is 21.4 Å². The summed E-state index contributed by atoms with van der Waals surface area (Å²) in [4.78, 5) is 9.01. The third-order valence-electron chi connectivity index (χ3n) is 2.92. The van der Waals surface area contributed by atoms with Crippen LogP contribution in [-0.4, -0.2) is 16.5 Å². The van der Waals surface area contributed by atoms with Crippen molar-refractivity contribution in [1.29, 1.82) is 0 Å². The molecule has 0 radical (unpaired) electrons. The molecule has 100 valence electrons. The summed E-state index contributed by atoms with van der Waals surface area (Å²) in [6.45, 7) is 6.77. The average Bonchev–Trinajstić information content (AvgIpc) is 2.35. The molecule has 1 heterocycles. The minimum atomic E-state index is 0.551. The minimum Gasteiger partial charge on any atom is -0.370 e. The number of nitrogens with zero attached hydrogens (tertiary/aromatic N) is 2. The van der Waals surface area contributed by atoms with Gasteiger partial charge in [0.1, 0.15) is 5.82 Å². The first kappa shape index (κ1) is 14.1. The van der Waals surface area contributed by atoms with E-state index in [1.165, 1.54) is 0 Å². The predicted octanol–water partition coefficient (Wildman–Crippen LogP) is 4.50. The topological polar surface area (TPSA) is 37.8 Å². The summed E-state index contributed by atoms with van der Waals surface area (Å²) in [6.07, 6.45) is 0. The van der Waals surface area contributed by atoms with E-state index in [4.69, 9.17) is 23.2 Å². The van der Waals surface area contributed by atoms with Crippen molar-refractivity contribution >= 4 is 29.0 Å². The van der Waals surface area contributed by atoms with Crippen LogP contribution < -0.4 is 5.32 Å². The lowest BCUT2D eigenvalue weighted by molar-refractivity contribution is 1.05. The molecule has 0 aliphatic carbocycles. The highest BCUT2D eigenvalue weighted by Crippen LogP contribution is 2.33. The highest BCUT2D eigenvalue weighted by atomic mass is 35.5. The Morgan fingerprint density at radius 3 is 2.32 bits per heavy atom. The summed E-state index contributed by atoms with van der Waals surface area (Å²) in [7, 11) is 0. The van der Waals surface area contributed by atoms with Crippen LogP contribution in [0.3, 0.4) is 0 Å². The van der Waals surface area contributed by atoms with Crippen LogP contribution in [0, 0.1) is 13.8 Å². The van der Waals surface area contributed by atoms with Crippen LogP contribution in [0.4, 0.5) is 5.82 Å². The van der Waals surface area contributed by atoms with Gasteiger partial charge in [-0.15, -0.1) is 0 Å². The molecule has 0 aliphatic rings. The van der Waals surface area contributed by atoms with E-state index in [0.717, 1.165) is 23.6 Å². The van der Waals surface area contributed by atoms with Gasteiger partial charge >= 0.3 is 0 Å². The largest absolute Gasteiger partial charge is 0.370 e. The fraction of sp³-hybridized carbons (Fsp3) is 0.286. The van der Waals surface area contributed by atoms with Crippen LogP contribution >= 0.6 is 23.2 Å². The van der Waals surface area contributed by atoms with Crippen LogP contribution in [0.25, 0.3) is 11.4 Å². The van der Waals surface area contributed by atoms with Crippen LogP contribution in [0.15, 0.2) is 18.2 Å². The maximum absolute atomic E-state index is 6.20. The molecule has 2 rings (SSSR count). The van der Waals surface area contributed by atoms with E-state index in [1.807, 2.05) is 20.8 Å². The standard InChI is InChI=1S/C14H15Cl2N3/c1-4-17-13-8(2)9(3)18-14(19-13)12-10(15)6-5-7-11(12)16/h5-7H,4H2,1-3H3,(H,17,18,19). The number of aromatic nitrogens is 2. The van der Waals surface area contributed by atoms with Gasteiger partial charge < -0.3 is 5.32 Å². The van der Waals surface area contributed by atoms with E-state index < -0.39 is 0 Å². The maximum Gasteiger partial charge on any atom is 0.164 e. The lowest BCUT2D eigenvalue weighted by atomic mass is 10.2. The van der Waals surface area contributed by atoms with E-state index in [9.17, 15) is 0 Å². The van der Waals surface area contributed by atoms with Gasteiger partial charge in [0.05, 0.1) is 15.6 Å². The Labute approximate surface area is 123 Å². The van der Waals surface area contributed by atoms with Crippen molar-refractivity contribution in [3.8, 4) is 11.4 Å². The van der Waals surface area contributed by atoms with Crippen LogP contribution in [0.1, 0.15) is 18.2 Å². The summed E-state index contributed by atoms with van der Waals surface area (Å²) in [5.74, 6) is 1.37. The number of hydrogen-bond donors (Lipinski definition) is 1. The number of aryl methyl sites for hydroxylation is 1. The third kappa shape index (κ3) is 2.82. The van der Waals surface area contributed by atoms with Crippen molar-refractivity contribution in [3.05, 3.63) is 39.5 Å². The number of hydrogen-bond acceptors (Lipinski definition) is 3. The molecule has 3 nitrogen and oxygen atoms in total. The molecule has 0 aliphatic heterocycles. The van der Waals surface area contributed by atoms with Gasteiger partial charge in [0.2, 0.25) is 0 Å². The van der Waals surface area contributed by atoms with Gasteiger partial charge in [-0.1, -0.05) is 29.3 Å². The molecule has 1 N–H and O–H groups in total. The monoisotopic (exact) mass is 295 g/mol. The first-order valence-electron chi connectivity index (χ1n) is 6.08. The highest BCUT2D eigenvalue weighted by Gasteiger charge is 2.14. The summed E-state index contributed by atoms with van der Waals surface area (Å²) < 4.78 is 0. The maximum atomic E-state index is 6.20. The Morgan fingerprint density at radius 1 is 1.11 bits per heavy atom. The molecule has 1 aromatic carbocycles. The van der Waals surface area contributed by atoms with Crippen molar-refractivity contribution in [2.45, 2.75) is 20.8 Å². The van der Waals surface area contributed by atoms with Gasteiger partial charge in [0, 0.05) is 17.8 Å². The van der Waals surface area contributed by atoms with Gasteiger partial charge in [0.15, 0.2) is 5.82 Å². The van der Waals surface area contributed by atoms with Crippen molar-refractivity contribution in [2.75, 3.05) is 11.9 Å². The van der Waals surface area contributed by atoms with Crippen LogP contribution in [0.5, 0.6) is 0 Å². The number of nitrogens with one attached hydrogen (secondary N) is 1. The quantitative estimate of drug-likeness (QED) is 0.906. The van der Waals surface area contributed by atoms with Crippen molar-refractivity contribution < 1.29 is 0 Å². The second kappa shape index (κ2) is 5.76. The molecular formula is C14H15Cl2N3. The summed E-state index contributed by atoms with van der Waals surface area (Å²) in [6, 6.07) is 5.38. The fourth-order valence-corrected chi connectivity index (χ4v) is 2.36. The Morgan fingerprint density at radius 2 is 1.74 bits per heavy atom. The molecule has 0 spiro atoms. The van der Waals surface area contributed by atoms with Gasteiger partial charge in [-0.25, -0.2) is 9.97 Å². The molecule has 0 saturated carbocycles. The van der Waals surface area contributed by atoms with Crippen molar-refractivity contribution in [2.24, 2.45) is 0 Å². The second-order valence-electron chi connectivity index (χ2n) is 4.23. The number of halogens is 2. The molecule has 19 heavy (non-hydrogen) atoms. The first-order valence-corrected chi connectivity index (χ1v) is 6.83. The molecule has 0 fully saturated rings. The average molecular weight is 296 g/mol. The van der Waals surface area contributed by atoms with Crippen molar-refractivity contribution in [3.63, 3.8) is 0 Å². The van der Waals surface area contributed by atoms with E-state index >= 15 is 0 Å². The number of benzene rings is 1. The third-order valence-corrected chi connectivity index (χ3v) is 3.55. The highest BCUT2D eigenvalue weighted by molar-refractivity contribution is 6.38. The summed E-state index contributed by atoms with van der Waals surface area (Å²) >= 11 is 12.4. The first-order chi connectivity index (χ1) is 9.04. The van der Waals surface area contributed by atoms with Gasteiger partial charge in [-0.05, 0) is 32.9 Å². The van der Waals surface area contributed by atoms with Crippen LogP contribution in [-0.2, 0) is 0 Å². The zero-order valence-corrected chi connectivity index (χ0v) is 12.6. The van der Waals surface area contributed by atoms with Gasteiger partial charge in [0.25, 0.3) is 0 Å². The van der Waals surface area contributed by atoms with Crippen LogP contribution in [0.2, 0.25) is 10.0 Å². The molecule has 0 amide bonds. The molecule has 5 heteroatoms. The molecular weight excluding hydrogens is 281 g/mol. The molecule has 0 saturated heterocycles. The lowest BCUT2D eigenvalue weighted by Gasteiger charge is -2.12. The zero-order chi connectivity index (χ0) is 14.0. The van der Waals surface area contributed by atoms with E-state index in [1.54, 1.807) is 18.2 Å². The lowest BCUT2D eigenvalue weighted by Crippen LogP contribution is -2.06. The second-order valence-corrected chi connectivity index (χ2v) is 5.05. The molecule has 2 aromatic rings. The van der Waals surface area contributed by atoms with E-state index in [-0.39, 0.29) is 0 Å². The summed E-state index contributed by atoms with van der Waals surface area (Å²) in [5.41, 5.74) is 2.62.